The number of aryl methyl sites for hydroxylation is 1. The minimum atomic E-state index is -0.365. The van der Waals surface area contributed by atoms with Crippen molar-refractivity contribution >= 4 is 34.1 Å². The van der Waals surface area contributed by atoms with Crippen LogP contribution in [0, 0.1) is 12.8 Å². The highest BCUT2D eigenvalue weighted by Crippen LogP contribution is 2.41. The van der Waals surface area contributed by atoms with E-state index in [-0.39, 0.29) is 23.9 Å². The predicted molar refractivity (Wildman–Crippen MR) is 132 cm³/mol. The van der Waals surface area contributed by atoms with Gasteiger partial charge in [-0.2, -0.15) is 0 Å². The second-order valence-electron chi connectivity index (χ2n) is 8.95. The molecule has 2 aliphatic rings. The van der Waals surface area contributed by atoms with Gasteiger partial charge in [-0.1, -0.05) is 35.9 Å². The lowest BCUT2D eigenvalue weighted by Crippen LogP contribution is -2.52. The number of rotatable bonds is 4. The Kier molecular flexibility index (Phi) is 5.44. The molecule has 1 aromatic heterocycles. The van der Waals surface area contributed by atoms with Crippen LogP contribution in [-0.2, 0) is 11.2 Å². The third-order valence-corrected chi connectivity index (χ3v) is 6.98. The SMILES string of the molecule is CCN(CC)C(=O)[C@@H]1C=C2c3cccc4[nH]cc(c34)C[C@H]2N(C(=O)Nc2ccc(C)cc2)C1. The fraction of sp³-hybridized carbons (Fsp3) is 0.333. The smallest absolute Gasteiger partial charge is 0.322 e. The van der Waals surface area contributed by atoms with E-state index in [0.717, 1.165) is 34.3 Å². The average molecular weight is 443 g/mol. The van der Waals surface area contributed by atoms with Crippen LogP contribution in [0.25, 0.3) is 16.5 Å². The van der Waals surface area contributed by atoms with E-state index in [1.165, 1.54) is 10.9 Å². The summed E-state index contributed by atoms with van der Waals surface area (Å²) in [6, 6.07) is 13.7. The largest absolute Gasteiger partial charge is 0.361 e. The Morgan fingerprint density at radius 2 is 1.88 bits per heavy atom. The third-order valence-electron chi connectivity index (χ3n) is 6.98. The van der Waals surface area contributed by atoms with E-state index < -0.39 is 0 Å². The highest BCUT2D eigenvalue weighted by molar-refractivity contribution is 6.01. The van der Waals surface area contributed by atoms with E-state index in [4.69, 9.17) is 0 Å². The van der Waals surface area contributed by atoms with Gasteiger partial charge in [0.2, 0.25) is 5.91 Å². The summed E-state index contributed by atoms with van der Waals surface area (Å²) < 4.78 is 0. The number of carbonyl (C=O) groups excluding carboxylic acids is 2. The molecule has 6 nitrogen and oxygen atoms in total. The van der Waals surface area contributed by atoms with Crippen LogP contribution in [0.15, 0.2) is 54.7 Å². The van der Waals surface area contributed by atoms with E-state index in [2.05, 4.69) is 28.5 Å². The number of H-pyrrole nitrogens is 1. The first-order valence-electron chi connectivity index (χ1n) is 11.7. The number of aromatic nitrogens is 1. The standard InChI is InChI=1S/C27H30N4O2/c1-4-30(5-2)26(32)19-13-22-21-7-6-8-23-25(21)18(15-28-23)14-24(22)31(16-19)27(33)29-20-11-9-17(3)10-12-20/h6-13,15,19,24,28H,4-5,14,16H2,1-3H3,(H,29,33)/t19-,24-/m1/s1. The number of carbonyl (C=O) groups is 2. The highest BCUT2D eigenvalue weighted by atomic mass is 16.2. The maximum atomic E-state index is 13.5. The van der Waals surface area contributed by atoms with E-state index in [1.54, 1.807) is 0 Å². The molecule has 0 spiro atoms. The summed E-state index contributed by atoms with van der Waals surface area (Å²) in [7, 11) is 0. The van der Waals surface area contributed by atoms with Crippen LogP contribution < -0.4 is 5.32 Å². The van der Waals surface area contributed by atoms with Crippen molar-refractivity contribution in [2.75, 3.05) is 25.0 Å². The lowest BCUT2D eigenvalue weighted by atomic mass is 9.79. The number of amides is 3. The number of benzene rings is 2. The van der Waals surface area contributed by atoms with Crippen LogP contribution in [0.3, 0.4) is 0 Å². The fourth-order valence-electron chi connectivity index (χ4n) is 5.22. The molecule has 0 unspecified atom stereocenters. The molecule has 0 radical (unpaired) electrons. The normalized spacial score (nSPS) is 19.1. The molecule has 2 N–H and O–H groups in total. The van der Waals surface area contributed by atoms with E-state index in [9.17, 15) is 9.59 Å². The number of nitrogens with zero attached hydrogens (tertiary/aromatic N) is 2. The first-order chi connectivity index (χ1) is 16.0. The van der Waals surface area contributed by atoms with E-state index in [0.29, 0.717) is 19.6 Å². The zero-order chi connectivity index (χ0) is 23.1. The van der Waals surface area contributed by atoms with Gasteiger partial charge in [-0.25, -0.2) is 4.79 Å². The molecule has 3 amide bonds. The molecule has 6 heteroatoms. The number of fused-ring (bicyclic) bond motifs is 2. The molecule has 1 aliphatic carbocycles. The lowest BCUT2D eigenvalue weighted by molar-refractivity contribution is -0.134. The molecule has 0 bridgehead atoms. The topological polar surface area (TPSA) is 68.4 Å². The molecule has 170 valence electrons. The zero-order valence-electron chi connectivity index (χ0n) is 19.4. The van der Waals surface area contributed by atoms with Crippen molar-refractivity contribution in [2.45, 2.75) is 33.2 Å². The first-order valence-corrected chi connectivity index (χ1v) is 11.7. The Labute approximate surface area is 194 Å². The molecule has 0 saturated heterocycles. The predicted octanol–water partition coefficient (Wildman–Crippen LogP) is 4.82. The third kappa shape index (κ3) is 3.69. The van der Waals surface area contributed by atoms with Crippen LogP contribution in [0.2, 0.25) is 0 Å². The van der Waals surface area contributed by atoms with Crippen molar-refractivity contribution in [3.05, 3.63) is 71.4 Å². The molecule has 0 saturated carbocycles. The zero-order valence-corrected chi connectivity index (χ0v) is 19.4. The lowest BCUT2D eigenvalue weighted by Gasteiger charge is -2.42. The van der Waals surface area contributed by atoms with Gasteiger partial charge in [0, 0.05) is 42.4 Å². The number of anilines is 1. The molecule has 5 rings (SSSR count). The molecule has 2 heterocycles. The Morgan fingerprint density at radius 1 is 1.12 bits per heavy atom. The average Bonchev–Trinajstić information content (AvgIpc) is 3.25. The fourth-order valence-corrected chi connectivity index (χ4v) is 5.22. The van der Waals surface area contributed by atoms with Crippen LogP contribution in [0.1, 0.15) is 30.5 Å². The quantitative estimate of drug-likeness (QED) is 0.608. The summed E-state index contributed by atoms with van der Waals surface area (Å²) in [6.07, 6.45) is 4.90. The van der Waals surface area contributed by atoms with Gasteiger partial charge in [0.25, 0.3) is 0 Å². The maximum absolute atomic E-state index is 13.5. The summed E-state index contributed by atoms with van der Waals surface area (Å²) in [5.41, 5.74) is 6.39. The van der Waals surface area contributed by atoms with Crippen molar-refractivity contribution in [3.8, 4) is 0 Å². The number of hydrogen-bond donors (Lipinski definition) is 2. The van der Waals surface area contributed by atoms with Gasteiger partial charge in [0.1, 0.15) is 0 Å². The number of urea groups is 1. The summed E-state index contributed by atoms with van der Waals surface area (Å²) in [4.78, 5) is 34.0. The second kappa shape index (κ2) is 8.43. The molecule has 0 fully saturated rings. The van der Waals surface area contributed by atoms with Gasteiger partial charge >= 0.3 is 6.03 Å². The van der Waals surface area contributed by atoms with Crippen molar-refractivity contribution < 1.29 is 9.59 Å². The van der Waals surface area contributed by atoms with Crippen molar-refractivity contribution in [2.24, 2.45) is 5.92 Å². The minimum Gasteiger partial charge on any atom is -0.361 e. The molecule has 2 atom stereocenters. The highest BCUT2D eigenvalue weighted by Gasteiger charge is 2.40. The van der Waals surface area contributed by atoms with E-state index >= 15 is 0 Å². The maximum Gasteiger partial charge on any atom is 0.322 e. The van der Waals surface area contributed by atoms with Crippen LogP contribution in [0.4, 0.5) is 10.5 Å². The van der Waals surface area contributed by atoms with Crippen molar-refractivity contribution in [1.82, 2.24) is 14.8 Å². The Bertz CT molecular complexity index is 1240. The number of aromatic amines is 1. The molecule has 3 aromatic rings. The van der Waals surface area contributed by atoms with Gasteiger partial charge in [-0.3, -0.25) is 4.79 Å². The van der Waals surface area contributed by atoms with Gasteiger partial charge in [0.05, 0.1) is 12.0 Å². The van der Waals surface area contributed by atoms with Gasteiger partial charge in [-0.05, 0) is 62.1 Å². The van der Waals surface area contributed by atoms with Gasteiger partial charge < -0.3 is 20.1 Å². The molecule has 1 aliphatic heterocycles. The summed E-state index contributed by atoms with van der Waals surface area (Å²) in [6.45, 7) is 7.70. The van der Waals surface area contributed by atoms with Crippen molar-refractivity contribution in [1.29, 1.82) is 0 Å². The van der Waals surface area contributed by atoms with Crippen LogP contribution >= 0.6 is 0 Å². The van der Waals surface area contributed by atoms with Gasteiger partial charge in [-0.15, -0.1) is 0 Å². The summed E-state index contributed by atoms with van der Waals surface area (Å²) in [5, 5.41) is 4.26. The Hall–Kier alpha value is -3.54. The molecule has 2 aromatic carbocycles. The number of hydrogen-bond acceptors (Lipinski definition) is 2. The number of nitrogens with one attached hydrogen (secondary N) is 2. The van der Waals surface area contributed by atoms with Crippen LogP contribution in [-0.4, -0.2) is 52.4 Å². The van der Waals surface area contributed by atoms with E-state index in [1.807, 2.05) is 67.1 Å². The summed E-state index contributed by atoms with van der Waals surface area (Å²) in [5.74, 6) is -0.290. The monoisotopic (exact) mass is 442 g/mol. The van der Waals surface area contributed by atoms with Crippen molar-refractivity contribution in [3.63, 3.8) is 0 Å². The Morgan fingerprint density at radius 3 is 2.61 bits per heavy atom. The first kappa shape index (κ1) is 21.3. The van der Waals surface area contributed by atoms with Gasteiger partial charge in [0.15, 0.2) is 0 Å². The summed E-state index contributed by atoms with van der Waals surface area (Å²) >= 11 is 0. The molecular formula is C27H30N4O2. The molecule has 33 heavy (non-hydrogen) atoms. The minimum absolute atomic E-state index is 0.0751. The Balaban J connectivity index is 1.55. The molecular weight excluding hydrogens is 412 g/mol. The van der Waals surface area contributed by atoms with Crippen LogP contribution in [0.5, 0.6) is 0 Å². The second-order valence-corrected chi connectivity index (χ2v) is 8.95.